The molecule has 2 N–H and O–H groups in total. The Kier molecular flexibility index (Phi) is 5.85. The van der Waals surface area contributed by atoms with E-state index in [2.05, 4.69) is 42.7 Å². The normalized spacial score (nSPS) is 12.8. The first kappa shape index (κ1) is 18.7. The number of unbranched alkanes of at least 4 members (excludes halogenated alkanes) is 1. The van der Waals surface area contributed by atoms with E-state index in [9.17, 15) is 4.79 Å². The van der Waals surface area contributed by atoms with Crippen molar-refractivity contribution in [3.8, 4) is 0 Å². The number of nitrogens with zero attached hydrogens (tertiary/aromatic N) is 4. The maximum atomic E-state index is 12.1. The fraction of sp³-hybridized carbons (Fsp3) is 0.227. The van der Waals surface area contributed by atoms with Crippen molar-refractivity contribution in [3.63, 3.8) is 0 Å². The molecule has 7 heteroatoms. The van der Waals surface area contributed by atoms with Crippen molar-refractivity contribution in [2.24, 2.45) is 4.99 Å². The molecule has 0 bridgehead atoms. The number of pyridine rings is 1. The van der Waals surface area contributed by atoms with E-state index in [1.54, 1.807) is 24.5 Å². The van der Waals surface area contributed by atoms with Crippen molar-refractivity contribution in [3.05, 3.63) is 66.0 Å². The topological polar surface area (TPSA) is 92.2 Å². The largest absolute Gasteiger partial charge is 0.338 e. The zero-order valence-corrected chi connectivity index (χ0v) is 16.0. The molecule has 7 nitrogen and oxygen atoms in total. The number of benzene rings is 1. The molecule has 1 aliphatic rings. The van der Waals surface area contributed by atoms with Crippen molar-refractivity contribution in [1.82, 2.24) is 20.3 Å². The zero-order valence-electron chi connectivity index (χ0n) is 16.0. The Morgan fingerprint density at radius 1 is 1.03 bits per heavy atom. The molecule has 0 fully saturated rings. The molecule has 0 saturated heterocycles. The van der Waals surface area contributed by atoms with Gasteiger partial charge in [-0.05, 0) is 43.0 Å². The lowest BCUT2D eigenvalue weighted by atomic mass is 10.1. The Labute approximate surface area is 169 Å². The Bertz CT molecular complexity index is 1060. The van der Waals surface area contributed by atoms with Gasteiger partial charge in [-0.15, -0.1) is 0 Å². The number of urea groups is 1. The van der Waals surface area contributed by atoms with Crippen LogP contribution >= 0.6 is 0 Å². The summed E-state index contributed by atoms with van der Waals surface area (Å²) >= 11 is 0. The molecule has 2 amide bonds. The lowest BCUT2D eigenvalue weighted by Crippen LogP contribution is -2.29. The van der Waals surface area contributed by atoms with Crippen LogP contribution in [0.5, 0.6) is 0 Å². The Balaban J connectivity index is 1.28. The molecule has 29 heavy (non-hydrogen) atoms. The summed E-state index contributed by atoms with van der Waals surface area (Å²) in [6, 6.07) is 13.6. The quantitative estimate of drug-likeness (QED) is 0.607. The number of aliphatic imine (C=N–C) groups is 1. The lowest BCUT2D eigenvalue weighted by Gasteiger charge is -2.08. The number of carbonyl (C=O) groups is 1. The number of fused-ring (bicyclic) bond motifs is 1. The third kappa shape index (κ3) is 5.01. The van der Waals surface area contributed by atoms with Crippen LogP contribution in [0.1, 0.15) is 24.1 Å². The predicted molar refractivity (Wildman–Crippen MR) is 115 cm³/mol. The first-order valence-corrected chi connectivity index (χ1v) is 9.70. The van der Waals surface area contributed by atoms with Gasteiger partial charge in [0.05, 0.1) is 18.4 Å². The Morgan fingerprint density at radius 2 is 1.93 bits per heavy atom. The van der Waals surface area contributed by atoms with Crippen LogP contribution in [0.15, 0.2) is 59.7 Å². The van der Waals surface area contributed by atoms with Crippen LogP contribution in [0.4, 0.5) is 10.6 Å². The number of hydrogen-bond acceptors (Lipinski definition) is 5. The average molecular weight is 386 g/mol. The molecule has 1 aromatic carbocycles. The summed E-state index contributed by atoms with van der Waals surface area (Å²) in [5.41, 5.74) is 4.25. The van der Waals surface area contributed by atoms with Crippen LogP contribution in [0.25, 0.3) is 16.7 Å². The van der Waals surface area contributed by atoms with Crippen molar-refractivity contribution < 1.29 is 4.79 Å². The van der Waals surface area contributed by atoms with Crippen LogP contribution in [0, 0.1) is 0 Å². The maximum absolute atomic E-state index is 12.1. The molecule has 3 aromatic rings. The second-order valence-corrected chi connectivity index (χ2v) is 6.80. The number of anilines is 1. The Hall–Kier alpha value is -3.61. The van der Waals surface area contributed by atoms with Gasteiger partial charge < -0.3 is 5.32 Å². The monoisotopic (exact) mass is 386 g/mol. The summed E-state index contributed by atoms with van der Waals surface area (Å²) in [5.74, 6) is 0.447. The highest BCUT2D eigenvalue weighted by Gasteiger charge is 2.10. The number of rotatable bonds is 7. The van der Waals surface area contributed by atoms with Gasteiger partial charge in [-0.1, -0.05) is 30.3 Å². The molecule has 0 saturated carbocycles. The summed E-state index contributed by atoms with van der Waals surface area (Å²) in [4.78, 5) is 29.7. The van der Waals surface area contributed by atoms with Gasteiger partial charge in [0.25, 0.3) is 0 Å². The highest BCUT2D eigenvalue weighted by Crippen LogP contribution is 2.18. The molecule has 1 aliphatic heterocycles. The van der Waals surface area contributed by atoms with Crippen molar-refractivity contribution >= 4 is 34.8 Å². The van der Waals surface area contributed by atoms with Gasteiger partial charge >= 0.3 is 6.03 Å². The fourth-order valence-corrected chi connectivity index (χ4v) is 3.10. The number of nitrogens with one attached hydrogen (secondary N) is 2. The van der Waals surface area contributed by atoms with Gasteiger partial charge in [0.2, 0.25) is 0 Å². The number of amides is 2. The standard InChI is InChI=1S/C22H22N6O/c29-22(24-12-5-4-8-16-6-2-1-3-7-16)28-20-10-9-18-21(27-20)26-19(15-25-18)17-11-13-23-14-17/h1-3,6-7,9-11,13,15H,4-5,8,12,14H2,(H2,24,26,27,28,29). The van der Waals surface area contributed by atoms with E-state index in [-0.39, 0.29) is 6.03 Å². The van der Waals surface area contributed by atoms with Gasteiger partial charge in [0, 0.05) is 18.3 Å². The van der Waals surface area contributed by atoms with Crippen LogP contribution < -0.4 is 10.6 Å². The third-order valence-electron chi connectivity index (χ3n) is 4.64. The zero-order chi connectivity index (χ0) is 19.9. The van der Waals surface area contributed by atoms with Crippen LogP contribution in [-0.4, -0.2) is 40.3 Å². The second kappa shape index (κ2) is 9.05. The maximum Gasteiger partial charge on any atom is 0.320 e. The minimum atomic E-state index is -0.271. The summed E-state index contributed by atoms with van der Waals surface area (Å²) in [6.45, 7) is 1.22. The van der Waals surface area contributed by atoms with E-state index in [1.165, 1.54) is 5.56 Å². The van der Waals surface area contributed by atoms with Crippen molar-refractivity contribution in [2.75, 3.05) is 18.4 Å². The van der Waals surface area contributed by atoms with Crippen molar-refractivity contribution in [2.45, 2.75) is 19.3 Å². The fourth-order valence-electron chi connectivity index (χ4n) is 3.10. The highest BCUT2D eigenvalue weighted by molar-refractivity contribution is 5.90. The molecule has 0 atom stereocenters. The third-order valence-corrected chi connectivity index (χ3v) is 4.64. The van der Waals surface area contributed by atoms with Gasteiger partial charge in [-0.2, -0.15) is 0 Å². The molecule has 0 radical (unpaired) electrons. The first-order chi connectivity index (χ1) is 14.3. The molecule has 0 unspecified atom stereocenters. The Morgan fingerprint density at radius 3 is 2.76 bits per heavy atom. The van der Waals surface area contributed by atoms with E-state index in [4.69, 9.17) is 0 Å². The van der Waals surface area contributed by atoms with Gasteiger partial charge in [-0.25, -0.2) is 14.8 Å². The summed E-state index contributed by atoms with van der Waals surface area (Å²) < 4.78 is 0. The minimum absolute atomic E-state index is 0.271. The molecular weight excluding hydrogens is 364 g/mol. The van der Waals surface area contributed by atoms with Gasteiger partial charge in [0.15, 0.2) is 5.65 Å². The van der Waals surface area contributed by atoms with Crippen LogP contribution in [-0.2, 0) is 6.42 Å². The molecule has 3 heterocycles. The molecule has 2 aromatic heterocycles. The minimum Gasteiger partial charge on any atom is -0.338 e. The molecular formula is C22H22N6O. The van der Waals surface area contributed by atoms with Crippen LogP contribution in [0.2, 0.25) is 0 Å². The smallest absolute Gasteiger partial charge is 0.320 e. The first-order valence-electron chi connectivity index (χ1n) is 9.70. The van der Waals surface area contributed by atoms with Gasteiger partial charge in [0.1, 0.15) is 11.3 Å². The SMILES string of the molecule is O=C(NCCCCc1ccccc1)Nc1ccc2ncc(C3=CC=NC3)nc2n1. The number of aryl methyl sites for hydroxylation is 1. The van der Waals surface area contributed by atoms with Crippen molar-refractivity contribution in [1.29, 1.82) is 0 Å². The van der Waals surface area contributed by atoms with Crippen LogP contribution in [0.3, 0.4) is 0 Å². The predicted octanol–water partition coefficient (Wildman–Crippen LogP) is 3.64. The molecule has 0 spiro atoms. The number of allylic oxidation sites excluding steroid dienone is 1. The number of carbonyl (C=O) groups excluding carboxylic acids is 1. The van der Waals surface area contributed by atoms with Gasteiger partial charge in [-0.3, -0.25) is 15.3 Å². The molecule has 0 aliphatic carbocycles. The highest BCUT2D eigenvalue weighted by atomic mass is 16.2. The lowest BCUT2D eigenvalue weighted by molar-refractivity contribution is 0.252. The van der Waals surface area contributed by atoms with E-state index in [1.807, 2.05) is 24.3 Å². The number of aromatic nitrogens is 3. The average Bonchev–Trinajstić information content (AvgIpc) is 3.29. The van der Waals surface area contributed by atoms with E-state index >= 15 is 0 Å². The summed E-state index contributed by atoms with van der Waals surface area (Å²) in [6.07, 6.45) is 8.36. The van der Waals surface area contributed by atoms with E-state index < -0.39 is 0 Å². The summed E-state index contributed by atoms with van der Waals surface area (Å²) in [7, 11) is 0. The molecule has 4 rings (SSSR count). The van der Waals surface area contributed by atoms with E-state index in [0.29, 0.717) is 30.1 Å². The van der Waals surface area contributed by atoms with E-state index in [0.717, 1.165) is 30.5 Å². The second-order valence-electron chi connectivity index (χ2n) is 6.80. The molecule has 146 valence electrons. The number of hydrogen-bond donors (Lipinski definition) is 2. The summed E-state index contributed by atoms with van der Waals surface area (Å²) in [5, 5.41) is 5.63.